The quantitative estimate of drug-likeness (QED) is 0.0278. The first-order chi connectivity index (χ1) is 44.0. The molecule has 508 valence electrons. The fraction of sp³-hybridized carbons (Fsp3) is 0.590. The van der Waals surface area contributed by atoms with Gasteiger partial charge in [-0.05, 0) is 101 Å². The molecular weight excluding hydrogens is 1260 g/mol. The molecule has 3 atom stereocenters. The van der Waals surface area contributed by atoms with Gasteiger partial charge in [-0.25, -0.2) is 19.3 Å². The van der Waals surface area contributed by atoms with E-state index >= 15 is 0 Å². The van der Waals surface area contributed by atoms with Crippen molar-refractivity contribution >= 4 is 78.3 Å². The number of alkyl halides is 2. The van der Waals surface area contributed by atoms with Crippen LogP contribution >= 0.6 is 30.9 Å². The van der Waals surface area contributed by atoms with Crippen molar-refractivity contribution in [1.29, 1.82) is 5.26 Å². The smallest absolute Gasteiger partial charge is 0.411 e. The molecule has 0 aromatic heterocycles. The van der Waals surface area contributed by atoms with E-state index < -0.39 is 36.8 Å². The van der Waals surface area contributed by atoms with Crippen LogP contribution in [0.1, 0.15) is 65.0 Å². The van der Waals surface area contributed by atoms with Gasteiger partial charge in [0.15, 0.2) is 23.0 Å². The Kier molecular flexibility index (Phi) is 30.4. The molecule has 28 nitrogen and oxygen atoms in total. The molecule has 5 heterocycles. The van der Waals surface area contributed by atoms with Crippen LogP contribution < -0.4 is 45.3 Å². The largest absolute Gasteiger partial charge is 0.493 e. The van der Waals surface area contributed by atoms with E-state index in [2.05, 4.69) is 64.3 Å². The molecule has 0 bridgehead atoms. The molecule has 92 heavy (non-hydrogen) atoms. The highest BCUT2D eigenvalue weighted by Crippen LogP contribution is 2.49. The Hall–Kier alpha value is -7.06. The van der Waals surface area contributed by atoms with Crippen molar-refractivity contribution in [3.05, 3.63) is 70.3 Å². The Bertz CT molecular complexity index is 2990. The molecule has 2 unspecified atom stereocenters. The van der Waals surface area contributed by atoms with Gasteiger partial charge in [0.1, 0.15) is 22.8 Å². The minimum atomic E-state index is -2.84. The number of alkyl carbamates (subject to hydrolysis) is 2. The average molecular weight is 1350 g/mol. The van der Waals surface area contributed by atoms with Gasteiger partial charge in [-0.15, -0.1) is 23.2 Å². The number of carbonyl (C=O) groups is 8. The highest BCUT2D eigenvalue weighted by atomic mass is 35.5. The molecule has 6 amide bonds. The third-order valence-corrected chi connectivity index (χ3v) is 18.1. The molecule has 2 aromatic carbocycles. The van der Waals surface area contributed by atoms with Crippen molar-refractivity contribution in [2.45, 2.75) is 71.8 Å². The van der Waals surface area contributed by atoms with Crippen LogP contribution in [0.15, 0.2) is 59.2 Å². The Balaban J connectivity index is 0.000000233. The molecule has 5 fully saturated rings. The fourth-order valence-electron chi connectivity index (χ4n) is 10.4. The van der Waals surface area contributed by atoms with Crippen LogP contribution in [0.25, 0.3) is 0 Å². The first-order valence-electron chi connectivity index (χ1n) is 30.5. The lowest BCUT2D eigenvalue weighted by Crippen LogP contribution is -2.58. The number of hydrogen-bond donors (Lipinski definition) is 5. The van der Waals surface area contributed by atoms with E-state index in [1.807, 2.05) is 37.3 Å². The normalized spacial score (nSPS) is 19.4. The van der Waals surface area contributed by atoms with Crippen molar-refractivity contribution in [2.24, 2.45) is 5.92 Å². The standard InChI is InChI=1S/C27H38N2O4.C16H20N4O6.C11H16N4O4.C7H15Cl2N2O2P/c1-20(2)27(19-28,22-10-12-24(31-5)26(18-22)33-7)14-8-15-29(3)16-13-21-9-11-23(30-4)25(17-21)32-6;1-3-25-15(23)17-9-11(19-5-6-19)14(22)10(18-16(24)26-4-2)12(13(9)21)20-7-8-20;1-7(15-5-10(18)13-11(19)6-15)2-14-3-8(16)12-9(17)4-14;8-2-4-10-14(12)11(6-3-9)5-1-7-13-14/h9-12,17-18,20H,8,13-16H2,1-7H3;3-8H2,1-2H3,(H,17,23)(H,18,24);7H,2-6H2,1H3,(H,12,16,17)(H,13,18,19);1-7H2,(H,10,12)/t;;7-;/m..0./s1. The molecule has 1 aliphatic carbocycles. The van der Waals surface area contributed by atoms with Gasteiger partial charge < -0.3 is 47.6 Å². The van der Waals surface area contributed by atoms with Crippen molar-refractivity contribution in [3.63, 3.8) is 0 Å². The van der Waals surface area contributed by atoms with Crippen molar-refractivity contribution in [2.75, 3.05) is 159 Å². The van der Waals surface area contributed by atoms with Crippen LogP contribution in [0.5, 0.6) is 23.0 Å². The minimum Gasteiger partial charge on any atom is -0.493 e. The number of imide groups is 2. The number of nitrogens with zero attached hydrogens (tertiary/aromatic N) is 7. The highest BCUT2D eigenvalue weighted by molar-refractivity contribution is 7.54. The van der Waals surface area contributed by atoms with Crippen LogP contribution in [-0.4, -0.2) is 241 Å². The van der Waals surface area contributed by atoms with E-state index in [1.54, 1.807) is 66.6 Å². The molecule has 31 heteroatoms. The first kappa shape index (κ1) is 75.7. The summed E-state index contributed by atoms with van der Waals surface area (Å²) in [5.74, 6) is 1.49. The SMILES string of the molecule is CCOC(=O)NC1=C(N2CC2)C(=O)C(NC(=O)OCC)=C(N2CC2)C1=O.COc1ccc(CCN(C)CCCC(C#N)(c2ccc(OC)c(OC)c2)C(C)C)cc1OC.C[C@@H](CN1CC(=O)NC(=O)C1)N1CC(=O)NC(=O)C1.O=P1(NCCCl)OCCCN1CCCl. The summed E-state index contributed by atoms with van der Waals surface area (Å²) in [6.07, 6.45) is 1.88. The second kappa shape index (κ2) is 37.0. The zero-order valence-corrected chi connectivity index (χ0v) is 56.7. The number of nitrogens with one attached hydrogen (secondary N) is 5. The predicted octanol–water partition coefficient (Wildman–Crippen LogP) is 3.95. The number of rotatable bonds is 27. The molecule has 5 saturated heterocycles. The number of nitriles is 1. The Morgan fingerprint density at radius 2 is 1.24 bits per heavy atom. The van der Waals surface area contributed by atoms with Gasteiger partial charge in [0.2, 0.25) is 35.2 Å². The first-order valence-corrected chi connectivity index (χ1v) is 33.1. The number of methoxy groups -OCH3 is 4. The number of benzene rings is 2. The summed E-state index contributed by atoms with van der Waals surface area (Å²) in [5, 5.41) is 22.3. The summed E-state index contributed by atoms with van der Waals surface area (Å²) >= 11 is 11.1. The summed E-state index contributed by atoms with van der Waals surface area (Å²) in [7, 11) is 5.83. The van der Waals surface area contributed by atoms with Crippen LogP contribution in [0, 0.1) is 17.2 Å². The minimum absolute atomic E-state index is 0.0560. The molecule has 0 spiro atoms. The number of ketones is 2. The zero-order chi connectivity index (χ0) is 67.7. The van der Waals surface area contributed by atoms with Crippen LogP contribution in [0.2, 0.25) is 0 Å². The average Bonchev–Trinajstić information content (AvgIpc) is 1.55. The van der Waals surface area contributed by atoms with Crippen molar-refractivity contribution < 1.29 is 75.9 Å². The number of piperazine rings is 2. The maximum Gasteiger partial charge on any atom is 0.411 e. The number of likely N-dealkylation sites (N-methyl/N-ethyl adjacent to an activating group) is 1. The van der Waals surface area contributed by atoms with Gasteiger partial charge in [0.05, 0.1) is 85.9 Å². The summed E-state index contributed by atoms with van der Waals surface area (Å²) < 4.78 is 50.5. The Morgan fingerprint density at radius 1 is 0.728 bits per heavy atom. The van der Waals surface area contributed by atoms with Gasteiger partial charge in [0, 0.05) is 76.7 Å². The lowest BCUT2D eigenvalue weighted by molar-refractivity contribution is -0.140. The molecular formula is C61H89Cl2N12O16P. The van der Waals surface area contributed by atoms with E-state index in [0.29, 0.717) is 75.7 Å². The zero-order valence-electron chi connectivity index (χ0n) is 54.2. The number of halogens is 2. The Morgan fingerprint density at radius 3 is 1.71 bits per heavy atom. The number of carbonyl (C=O) groups excluding carboxylic acids is 8. The van der Waals surface area contributed by atoms with Gasteiger partial charge in [-0.1, -0.05) is 26.0 Å². The van der Waals surface area contributed by atoms with Gasteiger partial charge in [-0.3, -0.25) is 64.4 Å². The summed E-state index contributed by atoms with van der Waals surface area (Å²) in [6, 6.07) is 14.4. The van der Waals surface area contributed by atoms with E-state index in [-0.39, 0.29) is 97.8 Å². The topological polar surface area (TPSA) is 321 Å². The lowest BCUT2D eigenvalue weighted by Gasteiger charge is -2.35. The van der Waals surface area contributed by atoms with E-state index in [9.17, 15) is 48.2 Å². The highest BCUT2D eigenvalue weighted by Gasteiger charge is 2.46. The number of ether oxygens (including phenoxy) is 6. The summed E-state index contributed by atoms with van der Waals surface area (Å²) in [5.41, 5.74) is 1.47. The summed E-state index contributed by atoms with van der Waals surface area (Å²) in [4.78, 5) is 104. The second-order valence-corrected chi connectivity index (χ2v) is 25.2. The fourth-order valence-corrected chi connectivity index (χ4v) is 13.0. The van der Waals surface area contributed by atoms with Crippen molar-refractivity contribution in [1.82, 2.24) is 55.5 Å². The third-order valence-electron chi connectivity index (χ3n) is 15.4. The number of Topliss-reactive ketones (excluding diaryl/α,β-unsaturated/α-hetero) is 2. The van der Waals surface area contributed by atoms with Crippen molar-refractivity contribution in [3.8, 4) is 29.1 Å². The lowest BCUT2D eigenvalue weighted by atomic mass is 9.69. The maximum atomic E-state index is 13.0. The molecule has 2 aromatic rings. The molecule has 5 N–H and O–H groups in total. The monoisotopic (exact) mass is 1350 g/mol. The van der Waals surface area contributed by atoms with Crippen LogP contribution in [-0.2, 0) is 59.2 Å². The number of hydrogen-bond acceptors (Lipinski definition) is 22. The molecule has 5 aliphatic heterocycles. The van der Waals surface area contributed by atoms with E-state index in [0.717, 1.165) is 62.4 Å². The van der Waals surface area contributed by atoms with Crippen LogP contribution in [0.4, 0.5) is 9.59 Å². The second-order valence-electron chi connectivity index (χ2n) is 22.2. The maximum absolute atomic E-state index is 13.0. The van der Waals surface area contributed by atoms with E-state index in [1.165, 1.54) is 5.56 Å². The van der Waals surface area contributed by atoms with Crippen LogP contribution in [0.3, 0.4) is 0 Å². The van der Waals surface area contributed by atoms with Gasteiger partial charge in [0.25, 0.3) is 0 Å². The van der Waals surface area contributed by atoms with Gasteiger partial charge in [-0.2, -0.15) is 5.26 Å². The van der Waals surface area contributed by atoms with E-state index in [4.69, 9.17) is 56.1 Å². The molecule has 0 saturated carbocycles. The molecule has 8 rings (SSSR count). The predicted molar refractivity (Wildman–Crippen MR) is 342 cm³/mol. The molecule has 0 radical (unpaired) electrons. The van der Waals surface area contributed by atoms with Gasteiger partial charge >= 0.3 is 19.9 Å². The Labute approximate surface area is 548 Å². The number of amides is 6. The summed E-state index contributed by atoms with van der Waals surface area (Å²) in [6.45, 7) is 17.2. The third kappa shape index (κ3) is 21.8. The molecule has 6 aliphatic rings.